The van der Waals surface area contributed by atoms with E-state index in [1.165, 1.54) is 0 Å². The van der Waals surface area contributed by atoms with Crippen molar-refractivity contribution in [3.63, 3.8) is 0 Å². The predicted octanol–water partition coefficient (Wildman–Crippen LogP) is 4.33. The van der Waals surface area contributed by atoms with E-state index < -0.39 is 0 Å². The summed E-state index contributed by atoms with van der Waals surface area (Å²) < 4.78 is 5.49. The molecule has 1 aromatic carbocycles. The average Bonchev–Trinajstić information content (AvgIpc) is 2.35. The molecule has 94 valence electrons. The molecule has 0 unspecified atom stereocenters. The molecule has 1 aromatic heterocycles. The highest BCUT2D eigenvalue weighted by atomic mass is 35.5. The van der Waals surface area contributed by atoms with Crippen LogP contribution in [0.25, 0.3) is 0 Å². The van der Waals surface area contributed by atoms with Crippen LogP contribution in [0.5, 0.6) is 11.6 Å². The molecule has 1 heterocycles. The molecule has 18 heavy (non-hydrogen) atoms. The molecule has 0 saturated carbocycles. The summed E-state index contributed by atoms with van der Waals surface area (Å²) in [7, 11) is 0. The second-order valence-electron chi connectivity index (χ2n) is 3.41. The van der Waals surface area contributed by atoms with E-state index in [2.05, 4.69) is 4.98 Å². The zero-order valence-corrected chi connectivity index (χ0v) is 11.3. The Balaban J connectivity index is 2.28. The number of rotatable bonds is 3. The fraction of sp³-hybridized carbons (Fsp3) is 0.0833. The summed E-state index contributed by atoms with van der Waals surface area (Å²) in [4.78, 5) is 4.05. The lowest BCUT2D eigenvalue weighted by molar-refractivity contribution is 0.275. The molecule has 0 saturated heterocycles. The van der Waals surface area contributed by atoms with Crippen molar-refractivity contribution in [3.05, 3.63) is 51.1 Å². The van der Waals surface area contributed by atoms with Crippen molar-refractivity contribution in [3.8, 4) is 11.6 Å². The normalized spacial score (nSPS) is 10.4. The molecule has 0 fully saturated rings. The Morgan fingerprint density at radius 3 is 2.50 bits per heavy atom. The van der Waals surface area contributed by atoms with E-state index in [0.29, 0.717) is 32.4 Å². The molecule has 3 nitrogen and oxygen atoms in total. The number of ether oxygens (including phenoxy) is 1. The Labute approximate surface area is 119 Å². The van der Waals surface area contributed by atoms with Gasteiger partial charge in [0.25, 0.3) is 0 Å². The van der Waals surface area contributed by atoms with Gasteiger partial charge in [-0.3, -0.25) is 0 Å². The van der Waals surface area contributed by atoms with Crippen LogP contribution in [0.3, 0.4) is 0 Å². The highest BCUT2D eigenvalue weighted by molar-refractivity contribution is 6.35. The van der Waals surface area contributed by atoms with Crippen LogP contribution in [0.4, 0.5) is 0 Å². The van der Waals surface area contributed by atoms with E-state index in [-0.39, 0.29) is 6.61 Å². The quantitative estimate of drug-likeness (QED) is 0.918. The van der Waals surface area contributed by atoms with Gasteiger partial charge in [-0.05, 0) is 24.3 Å². The number of halogens is 3. The van der Waals surface area contributed by atoms with Crippen LogP contribution in [0.1, 0.15) is 5.69 Å². The zero-order valence-electron chi connectivity index (χ0n) is 9.03. The highest BCUT2D eigenvalue weighted by Crippen LogP contribution is 2.31. The molecule has 0 atom stereocenters. The summed E-state index contributed by atoms with van der Waals surface area (Å²) in [6.45, 7) is -0.260. The van der Waals surface area contributed by atoms with E-state index in [4.69, 9.17) is 44.6 Å². The van der Waals surface area contributed by atoms with Crippen LogP contribution in [0, 0.1) is 0 Å². The van der Waals surface area contributed by atoms with E-state index in [0.717, 1.165) is 0 Å². The number of hydrogen-bond acceptors (Lipinski definition) is 3. The average molecular weight is 305 g/mol. The molecule has 1 N–H and O–H groups in total. The molecule has 0 aliphatic carbocycles. The van der Waals surface area contributed by atoms with Gasteiger partial charge in [0.1, 0.15) is 5.75 Å². The summed E-state index contributed by atoms with van der Waals surface area (Å²) in [6.07, 6.45) is 0. The van der Waals surface area contributed by atoms with Gasteiger partial charge in [0, 0.05) is 11.1 Å². The zero-order chi connectivity index (χ0) is 13.1. The van der Waals surface area contributed by atoms with Crippen LogP contribution in [-0.4, -0.2) is 10.1 Å². The van der Waals surface area contributed by atoms with Gasteiger partial charge in [-0.25, -0.2) is 4.98 Å². The number of pyridine rings is 1. The molecule has 0 aliphatic heterocycles. The maximum atomic E-state index is 9.05. The third-order valence-corrected chi connectivity index (χ3v) is 3.03. The van der Waals surface area contributed by atoms with Crippen LogP contribution >= 0.6 is 34.8 Å². The third-order valence-electron chi connectivity index (χ3n) is 2.15. The molecule has 2 rings (SSSR count). The fourth-order valence-corrected chi connectivity index (χ4v) is 1.91. The Bertz CT molecular complexity index is 575. The number of nitrogens with zero attached hydrogens (tertiary/aromatic N) is 1. The van der Waals surface area contributed by atoms with Gasteiger partial charge in [-0.2, -0.15) is 0 Å². The van der Waals surface area contributed by atoms with Crippen molar-refractivity contribution in [2.45, 2.75) is 6.61 Å². The Hall–Kier alpha value is -1.000. The Morgan fingerprint density at radius 2 is 1.83 bits per heavy atom. The van der Waals surface area contributed by atoms with Crippen molar-refractivity contribution in [1.82, 2.24) is 4.98 Å². The number of hydrogen-bond donors (Lipinski definition) is 1. The first kappa shape index (κ1) is 13.4. The molecular formula is C12H8Cl3NO2. The van der Waals surface area contributed by atoms with E-state index >= 15 is 0 Å². The minimum Gasteiger partial charge on any atom is -0.437 e. The largest absolute Gasteiger partial charge is 0.437 e. The molecule has 0 bridgehead atoms. The highest BCUT2D eigenvalue weighted by Gasteiger charge is 2.07. The fourth-order valence-electron chi connectivity index (χ4n) is 1.30. The lowest BCUT2D eigenvalue weighted by Gasteiger charge is -2.08. The van der Waals surface area contributed by atoms with Gasteiger partial charge in [-0.1, -0.05) is 34.8 Å². The SMILES string of the molecule is OCc1nc(Oc2ccc(Cl)cc2Cl)ccc1Cl. The van der Waals surface area contributed by atoms with Crippen molar-refractivity contribution >= 4 is 34.8 Å². The van der Waals surface area contributed by atoms with Gasteiger partial charge in [0.05, 0.1) is 22.3 Å². The molecule has 0 amide bonds. The van der Waals surface area contributed by atoms with Crippen LogP contribution < -0.4 is 4.74 Å². The van der Waals surface area contributed by atoms with Crippen LogP contribution in [0.15, 0.2) is 30.3 Å². The van der Waals surface area contributed by atoms with Crippen LogP contribution in [-0.2, 0) is 6.61 Å². The van der Waals surface area contributed by atoms with Gasteiger partial charge in [0.15, 0.2) is 0 Å². The first-order valence-corrected chi connectivity index (χ1v) is 6.12. The summed E-state index contributed by atoms with van der Waals surface area (Å²) in [5, 5.41) is 10.3. The topological polar surface area (TPSA) is 42.4 Å². The van der Waals surface area contributed by atoms with E-state index in [9.17, 15) is 0 Å². The van der Waals surface area contributed by atoms with Gasteiger partial charge >= 0.3 is 0 Å². The van der Waals surface area contributed by atoms with Gasteiger partial charge in [0.2, 0.25) is 5.88 Å². The van der Waals surface area contributed by atoms with Crippen molar-refractivity contribution in [2.75, 3.05) is 0 Å². The van der Waals surface area contributed by atoms with Gasteiger partial charge < -0.3 is 9.84 Å². The standard InChI is InChI=1S/C12H8Cl3NO2/c13-7-1-3-11(9(15)5-7)18-12-4-2-8(14)10(6-17)16-12/h1-5,17H,6H2. The number of benzene rings is 1. The van der Waals surface area contributed by atoms with Gasteiger partial charge in [-0.15, -0.1) is 0 Å². The summed E-state index contributed by atoms with van der Waals surface area (Å²) >= 11 is 17.6. The van der Waals surface area contributed by atoms with Crippen LogP contribution in [0.2, 0.25) is 15.1 Å². The first-order chi connectivity index (χ1) is 8.60. The molecule has 2 aromatic rings. The number of aliphatic hydroxyl groups is 1. The summed E-state index contributed by atoms with van der Waals surface area (Å²) in [5.74, 6) is 0.729. The predicted molar refractivity (Wildman–Crippen MR) is 71.7 cm³/mol. The second kappa shape index (κ2) is 5.76. The lowest BCUT2D eigenvalue weighted by Crippen LogP contribution is -1.94. The minimum absolute atomic E-state index is 0.260. The number of aliphatic hydroxyl groups excluding tert-OH is 1. The van der Waals surface area contributed by atoms with E-state index in [1.807, 2.05) is 0 Å². The summed E-state index contributed by atoms with van der Waals surface area (Å²) in [6, 6.07) is 8.05. The Morgan fingerprint density at radius 1 is 1.06 bits per heavy atom. The maximum Gasteiger partial charge on any atom is 0.219 e. The number of aromatic nitrogens is 1. The lowest BCUT2D eigenvalue weighted by atomic mass is 10.3. The molecule has 0 aliphatic rings. The smallest absolute Gasteiger partial charge is 0.219 e. The molecule has 6 heteroatoms. The van der Waals surface area contributed by atoms with Crippen molar-refractivity contribution in [1.29, 1.82) is 0 Å². The summed E-state index contributed by atoms with van der Waals surface area (Å²) in [5.41, 5.74) is 0.347. The first-order valence-electron chi connectivity index (χ1n) is 4.99. The van der Waals surface area contributed by atoms with Crippen molar-refractivity contribution in [2.24, 2.45) is 0 Å². The monoisotopic (exact) mass is 303 g/mol. The maximum absolute atomic E-state index is 9.05. The molecule has 0 radical (unpaired) electrons. The minimum atomic E-state index is -0.260. The second-order valence-corrected chi connectivity index (χ2v) is 4.66. The van der Waals surface area contributed by atoms with E-state index in [1.54, 1.807) is 30.3 Å². The van der Waals surface area contributed by atoms with Crippen molar-refractivity contribution < 1.29 is 9.84 Å². The molecule has 0 spiro atoms. The molecular weight excluding hydrogens is 296 g/mol. The third kappa shape index (κ3) is 3.06. The Kier molecular flexibility index (Phi) is 4.30.